The molecule has 0 radical (unpaired) electrons. The molecule has 0 unspecified atom stereocenters. The first kappa shape index (κ1) is 13.3. The van der Waals surface area contributed by atoms with Crippen molar-refractivity contribution in [3.8, 4) is 6.07 Å². The lowest BCUT2D eigenvalue weighted by Crippen LogP contribution is -2.18. The number of aromatic nitrogens is 1. The number of hydrogen-bond donors (Lipinski definition) is 0. The molecular formula is C16H17N3. The summed E-state index contributed by atoms with van der Waals surface area (Å²) in [4.78, 5) is 6.66. The SMILES string of the molecule is Cc1cccc(CN(C)Cc2ccccc2C#N)n1. The Morgan fingerprint density at radius 2 is 1.89 bits per heavy atom. The lowest BCUT2D eigenvalue weighted by atomic mass is 10.1. The molecule has 3 heteroatoms. The molecule has 0 saturated carbocycles. The van der Waals surface area contributed by atoms with Crippen molar-refractivity contribution in [2.24, 2.45) is 0 Å². The van der Waals surface area contributed by atoms with Crippen molar-refractivity contribution >= 4 is 0 Å². The van der Waals surface area contributed by atoms with Crippen molar-refractivity contribution in [1.29, 1.82) is 5.26 Å². The van der Waals surface area contributed by atoms with Crippen LogP contribution in [0.4, 0.5) is 0 Å². The average Bonchev–Trinajstić information content (AvgIpc) is 2.39. The lowest BCUT2D eigenvalue weighted by molar-refractivity contribution is 0.314. The van der Waals surface area contributed by atoms with Crippen molar-refractivity contribution in [3.63, 3.8) is 0 Å². The zero-order chi connectivity index (χ0) is 13.7. The Hall–Kier alpha value is -2.18. The second-order valence-corrected chi connectivity index (χ2v) is 4.71. The van der Waals surface area contributed by atoms with Crippen molar-refractivity contribution < 1.29 is 0 Å². The monoisotopic (exact) mass is 251 g/mol. The second-order valence-electron chi connectivity index (χ2n) is 4.71. The van der Waals surface area contributed by atoms with E-state index in [0.29, 0.717) is 0 Å². The van der Waals surface area contributed by atoms with E-state index in [1.807, 2.05) is 56.4 Å². The van der Waals surface area contributed by atoms with Gasteiger partial charge in [-0.2, -0.15) is 5.26 Å². The van der Waals surface area contributed by atoms with E-state index in [1.54, 1.807) is 0 Å². The fourth-order valence-corrected chi connectivity index (χ4v) is 2.08. The maximum atomic E-state index is 9.08. The zero-order valence-electron chi connectivity index (χ0n) is 11.3. The van der Waals surface area contributed by atoms with Gasteiger partial charge >= 0.3 is 0 Å². The number of nitrogens with zero attached hydrogens (tertiary/aromatic N) is 3. The minimum absolute atomic E-state index is 0.742. The van der Waals surface area contributed by atoms with E-state index in [2.05, 4.69) is 16.0 Å². The molecule has 19 heavy (non-hydrogen) atoms. The van der Waals surface area contributed by atoms with E-state index >= 15 is 0 Å². The first-order valence-corrected chi connectivity index (χ1v) is 6.28. The average molecular weight is 251 g/mol. The van der Waals surface area contributed by atoms with Crippen LogP contribution in [0.3, 0.4) is 0 Å². The molecule has 1 aromatic heterocycles. The first-order chi connectivity index (χ1) is 9.19. The van der Waals surface area contributed by atoms with Crippen LogP contribution in [-0.2, 0) is 13.1 Å². The van der Waals surface area contributed by atoms with Crippen LogP contribution in [0.15, 0.2) is 42.5 Å². The van der Waals surface area contributed by atoms with Crippen molar-refractivity contribution in [1.82, 2.24) is 9.88 Å². The number of benzene rings is 1. The summed E-state index contributed by atoms with van der Waals surface area (Å²) in [6.45, 7) is 3.52. The van der Waals surface area contributed by atoms with Crippen LogP contribution in [0, 0.1) is 18.3 Å². The van der Waals surface area contributed by atoms with Gasteiger partial charge in [-0.05, 0) is 37.7 Å². The third-order valence-electron chi connectivity index (χ3n) is 2.96. The first-order valence-electron chi connectivity index (χ1n) is 6.28. The molecule has 0 atom stereocenters. The van der Waals surface area contributed by atoms with Crippen molar-refractivity contribution in [2.75, 3.05) is 7.05 Å². The Morgan fingerprint density at radius 3 is 2.63 bits per heavy atom. The molecule has 0 N–H and O–H groups in total. The van der Waals surface area contributed by atoms with Gasteiger partial charge in [0, 0.05) is 18.8 Å². The van der Waals surface area contributed by atoms with Crippen LogP contribution in [0.25, 0.3) is 0 Å². The van der Waals surface area contributed by atoms with E-state index in [9.17, 15) is 0 Å². The minimum atomic E-state index is 0.742. The number of aryl methyl sites for hydroxylation is 1. The van der Waals surface area contributed by atoms with E-state index < -0.39 is 0 Å². The van der Waals surface area contributed by atoms with Gasteiger partial charge in [0.15, 0.2) is 0 Å². The topological polar surface area (TPSA) is 39.9 Å². The highest BCUT2D eigenvalue weighted by Crippen LogP contribution is 2.11. The molecule has 96 valence electrons. The molecule has 0 fully saturated rings. The molecule has 0 saturated heterocycles. The summed E-state index contributed by atoms with van der Waals surface area (Å²) in [6, 6.07) is 16.0. The fourth-order valence-electron chi connectivity index (χ4n) is 2.08. The molecule has 0 spiro atoms. The molecule has 0 bridgehead atoms. The zero-order valence-corrected chi connectivity index (χ0v) is 11.3. The highest BCUT2D eigenvalue weighted by Gasteiger charge is 2.06. The molecule has 0 aliphatic heterocycles. The number of hydrogen-bond acceptors (Lipinski definition) is 3. The molecule has 2 rings (SSSR count). The predicted molar refractivity (Wildman–Crippen MR) is 75.3 cm³/mol. The number of nitriles is 1. The summed E-state index contributed by atoms with van der Waals surface area (Å²) in [5.74, 6) is 0. The van der Waals surface area contributed by atoms with Gasteiger partial charge < -0.3 is 0 Å². The Kier molecular flexibility index (Phi) is 4.27. The molecule has 0 aliphatic rings. The fraction of sp³-hybridized carbons (Fsp3) is 0.250. The third kappa shape index (κ3) is 3.64. The van der Waals surface area contributed by atoms with Gasteiger partial charge in [-0.3, -0.25) is 9.88 Å². The van der Waals surface area contributed by atoms with Crippen LogP contribution >= 0.6 is 0 Å². The third-order valence-corrected chi connectivity index (χ3v) is 2.96. The molecule has 2 aromatic rings. The number of pyridine rings is 1. The van der Waals surface area contributed by atoms with E-state index in [1.165, 1.54) is 0 Å². The number of rotatable bonds is 4. The van der Waals surface area contributed by atoms with Crippen LogP contribution in [0.5, 0.6) is 0 Å². The Bertz CT molecular complexity index is 599. The second kappa shape index (κ2) is 6.12. The minimum Gasteiger partial charge on any atom is -0.296 e. The summed E-state index contributed by atoms with van der Waals surface area (Å²) < 4.78 is 0. The smallest absolute Gasteiger partial charge is 0.0995 e. The van der Waals surface area contributed by atoms with Gasteiger partial charge in [0.1, 0.15) is 0 Å². The molecule has 1 aromatic carbocycles. The maximum Gasteiger partial charge on any atom is 0.0995 e. The van der Waals surface area contributed by atoms with Crippen LogP contribution in [0.2, 0.25) is 0 Å². The molecular weight excluding hydrogens is 234 g/mol. The van der Waals surface area contributed by atoms with Crippen LogP contribution < -0.4 is 0 Å². The molecule has 3 nitrogen and oxygen atoms in total. The molecule has 1 heterocycles. The van der Waals surface area contributed by atoms with Crippen LogP contribution in [0.1, 0.15) is 22.5 Å². The highest BCUT2D eigenvalue weighted by atomic mass is 15.1. The summed E-state index contributed by atoms with van der Waals surface area (Å²) in [5, 5.41) is 9.08. The highest BCUT2D eigenvalue weighted by molar-refractivity contribution is 5.37. The van der Waals surface area contributed by atoms with Gasteiger partial charge in [0.2, 0.25) is 0 Å². The summed E-state index contributed by atoms with van der Waals surface area (Å²) in [5.41, 5.74) is 3.88. The van der Waals surface area contributed by atoms with Gasteiger partial charge in [0.05, 0.1) is 17.3 Å². The summed E-state index contributed by atoms with van der Waals surface area (Å²) >= 11 is 0. The Labute approximate surface area is 114 Å². The van der Waals surface area contributed by atoms with Gasteiger partial charge in [-0.25, -0.2) is 0 Å². The van der Waals surface area contributed by atoms with E-state index in [-0.39, 0.29) is 0 Å². The van der Waals surface area contributed by atoms with Gasteiger partial charge in [-0.1, -0.05) is 24.3 Å². The van der Waals surface area contributed by atoms with Gasteiger partial charge in [-0.15, -0.1) is 0 Å². The van der Waals surface area contributed by atoms with Crippen molar-refractivity contribution in [3.05, 3.63) is 65.0 Å². The van der Waals surface area contributed by atoms with Crippen molar-refractivity contribution in [2.45, 2.75) is 20.0 Å². The summed E-state index contributed by atoms with van der Waals surface area (Å²) in [6.07, 6.45) is 0. The maximum absolute atomic E-state index is 9.08. The molecule has 0 amide bonds. The molecule has 0 aliphatic carbocycles. The van der Waals surface area contributed by atoms with E-state index in [0.717, 1.165) is 35.6 Å². The Balaban J connectivity index is 2.06. The Morgan fingerprint density at radius 1 is 1.11 bits per heavy atom. The van der Waals surface area contributed by atoms with Gasteiger partial charge in [0.25, 0.3) is 0 Å². The van der Waals surface area contributed by atoms with E-state index in [4.69, 9.17) is 5.26 Å². The predicted octanol–water partition coefficient (Wildman–Crippen LogP) is 2.89. The summed E-state index contributed by atoms with van der Waals surface area (Å²) in [7, 11) is 2.04. The standard InChI is InChI=1S/C16H17N3/c1-13-6-5-9-16(18-13)12-19(2)11-15-8-4-3-7-14(15)10-17/h3-9H,11-12H2,1-2H3. The normalized spacial score (nSPS) is 10.4. The van der Waals surface area contributed by atoms with Crippen LogP contribution in [-0.4, -0.2) is 16.9 Å². The lowest BCUT2D eigenvalue weighted by Gasteiger charge is -2.17. The largest absolute Gasteiger partial charge is 0.296 e. The quantitative estimate of drug-likeness (QED) is 0.838.